The first-order valence-corrected chi connectivity index (χ1v) is 12.9. The molecule has 2 aliphatic heterocycles. The van der Waals surface area contributed by atoms with Crippen LogP contribution in [0.3, 0.4) is 0 Å². The van der Waals surface area contributed by atoms with Crippen LogP contribution < -0.4 is 10.2 Å². The number of halogens is 4. The number of nitrogens with zero attached hydrogens (tertiary/aromatic N) is 4. The van der Waals surface area contributed by atoms with Gasteiger partial charge >= 0.3 is 6.18 Å². The van der Waals surface area contributed by atoms with Crippen molar-refractivity contribution in [2.24, 2.45) is 0 Å². The largest absolute Gasteiger partial charge is 0.416 e. The number of nitrogens with one attached hydrogen (secondary N) is 1. The van der Waals surface area contributed by atoms with E-state index in [9.17, 15) is 22.4 Å². The monoisotopic (exact) mass is 519 g/mol. The van der Waals surface area contributed by atoms with Gasteiger partial charge in [-0.05, 0) is 56.7 Å². The van der Waals surface area contributed by atoms with Crippen LogP contribution in [-0.2, 0) is 11.0 Å². The van der Waals surface area contributed by atoms with Crippen molar-refractivity contribution >= 4 is 11.7 Å². The first kappa shape index (κ1) is 25.9. The summed E-state index contributed by atoms with van der Waals surface area (Å²) in [6.45, 7) is 8.13. The lowest BCUT2D eigenvalue weighted by atomic mass is 9.88. The number of carbonyl (C=O) groups excluding carboxylic acids is 1. The molecular formula is C27H33F4N5O. The third-order valence-corrected chi connectivity index (χ3v) is 8.06. The molecular weight excluding hydrogens is 486 g/mol. The molecule has 2 saturated heterocycles. The van der Waals surface area contributed by atoms with Crippen LogP contribution in [0.2, 0.25) is 0 Å². The summed E-state index contributed by atoms with van der Waals surface area (Å²) in [7, 11) is 0. The van der Waals surface area contributed by atoms with Crippen LogP contribution in [0.25, 0.3) is 0 Å². The zero-order valence-electron chi connectivity index (χ0n) is 21.4. The number of amides is 1. The van der Waals surface area contributed by atoms with Crippen LogP contribution in [0.1, 0.15) is 80.4 Å². The first-order valence-electron chi connectivity index (χ1n) is 12.9. The first-order chi connectivity index (χ1) is 17.4. The lowest BCUT2D eigenvalue weighted by Crippen LogP contribution is -2.53. The van der Waals surface area contributed by atoms with Crippen LogP contribution in [0.15, 0.2) is 30.6 Å². The van der Waals surface area contributed by atoms with Gasteiger partial charge in [-0.3, -0.25) is 4.79 Å². The Morgan fingerprint density at radius 1 is 1.11 bits per heavy atom. The molecule has 200 valence electrons. The molecule has 1 N–H and O–H groups in total. The predicted molar refractivity (Wildman–Crippen MR) is 132 cm³/mol. The molecule has 2 fully saturated rings. The second kappa shape index (κ2) is 9.53. The van der Waals surface area contributed by atoms with E-state index in [4.69, 9.17) is 0 Å². The Morgan fingerprint density at radius 2 is 1.78 bits per heavy atom. The van der Waals surface area contributed by atoms with Gasteiger partial charge in [-0.2, -0.15) is 13.2 Å². The van der Waals surface area contributed by atoms with Gasteiger partial charge in [-0.25, -0.2) is 14.4 Å². The minimum Gasteiger partial charge on any atom is -0.353 e. The molecule has 3 aliphatic rings. The van der Waals surface area contributed by atoms with Crippen LogP contribution in [-0.4, -0.2) is 58.5 Å². The molecule has 1 amide bonds. The smallest absolute Gasteiger partial charge is 0.353 e. The van der Waals surface area contributed by atoms with E-state index in [0.717, 1.165) is 36.4 Å². The zero-order chi connectivity index (χ0) is 26.5. The number of hydrogen-bond donors (Lipinski definition) is 1. The van der Waals surface area contributed by atoms with Gasteiger partial charge in [0, 0.05) is 43.3 Å². The number of anilines is 1. The number of benzene rings is 1. The molecule has 0 bridgehead atoms. The van der Waals surface area contributed by atoms with Crippen LogP contribution in [0, 0.1) is 0 Å². The Kier molecular flexibility index (Phi) is 6.66. The number of hydrogen-bond acceptors (Lipinski definition) is 5. The quantitative estimate of drug-likeness (QED) is 0.578. The summed E-state index contributed by atoms with van der Waals surface area (Å²) < 4.78 is 53.9. The van der Waals surface area contributed by atoms with Crippen molar-refractivity contribution in [2.45, 2.75) is 75.8 Å². The van der Waals surface area contributed by atoms with Crippen molar-refractivity contribution in [3.8, 4) is 0 Å². The van der Waals surface area contributed by atoms with Gasteiger partial charge < -0.3 is 15.1 Å². The van der Waals surface area contributed by atoms with E-state index in [1.165, 1.54) is 18.5 Å². The van der Waals surface area contributed by atoms with E-state index in [1.807, 2.05) is 6.92 Å². The Balaban J connectivity index is 1.35. The number of rotatable bonds is 4. The molecule has 6 nitrogen and oxygen atoms in total. The maximum absolute atomic E-state index is 14.4. The molecule has 5 rings (SSSR count). The van der Waals surface area contributed by atoms with E-state index in [-0.39, 0.29) is 23.4 Å². The fourth-order valence-electron chi connectivity index (χ4n) is 6.09. The maximum Gasteiger partial charge on any atom is 0.416 e. The summed E-state index contributed by atoms with van der Waals surface area (Å²) in [6.07, 6.45) is -2.06. The van der Waals surface area contributed by atoms with Gasteiger partial charge in [0.15, 0.2) is 0 Å². The molecule has 0 spiro atoms. The van der Waals surface area contributed by atoms with E-state index in [0.29, 0.717) is 43.9 Å². The molecule has 4 atom stereocenters. The summed E-state index contributed by atoms with van der Waals surface area (Å²) in [4.78, 5) is 26.4. The molecule has 1 aromatic heterocycles. The summed E-state index contributed by atoms with van der Waals surface area (Å²) in [6, 6.07) is 4.83. The van der Waals surface area contributed by atoms with Gasteiger partial charge in [-0.15, -0.1) is 0 Å². The van der Waals surface area contributed by atoms with Gasteiger partial charge in [0.25, 0.3) is 0 Å². The zero-order valence-corrected chi connectivity index (χ0v) is 21.4. The fraction of sp³-hybridized carbons (Fsp3) is 0.593. The molecule has 0 radical (unpaired) electrons. The molecule has 2 unspecified atom stereocenters. The lowest BCUT2D eigenvalue weighted by Gasteiger charge is -2.39. The van der Waals surface area contributed by atoms with E-state index < -0.39 is 23.8 Å². The highest BCUT2D eigenvalue weighted by Gasteiger charge is 2.42. The molecule has 3 heterocycles. The molecule has 1 aliphatic carbocycles. The van der Waals surface area contributed by atoms with Gasteiger partial charge in [0.2, 0.25) is 5.91 Å². The third kappa shape index (κ3) is 5.04. The molecule has 1 aromatic carbocycles. The van der Waals surface area contributed by atoms with Gasteiger partial charge in [0.1, 0.15) is 18.3 Å². The van der Waals surface area contributed by atoms with Crippen LogP contribution in [0.5, 0.6) is 0 Å². The minimum atomic E-state index is -4.43. The average Bonchev–Trinajstić information content (AvgIpc) is 3.36. The maximum atomic E-state index is 14.4. The summed E-state index contributed by atoms with van der Waals surface area (Å²) in [5.74, 6) is 0.107. The van der Waals surface area contributed by atoms with Crippen molar-refractivity contribution in [1.29, 1.82) is 0 Å². The highest BCUT2D eigenvalue weighted by Crippen LogP contribution is 2.45. The number of aromatic nitrogens is 2. The SMILES string of the molecule is C[C@@H]1C[C@@H](F)c2ncnc(N3CCN(C(=O)C(c4ccc(C(F)(F)F)cc4)C4CCC(C)(C)N4)CC3)c21. The number of piperazine rings is 1. The molecule has 2 aromatic rings. The number of alkyl halides is 4. The topological polar surface area (TPSA) is 61.4 Å². The lowest BCUT2D eigenvalue weighted by molar-refractivity contribution is -0.137. The average molecular weight is 520 g/mol. The molecule has 10 heteroatoms. The van der Waals surface area contributed by atoms with Crippen LogP contribution in [0.4, 0.5) is 23.4 Å². The van der Waals surface area contributed by atoms with Crippen molar-refractivity contribution in [2.75, 3.05) is 31.1 Å². The Labute approximate surface area is 214 Å². The van der Waals surface area contributed by atoms with Crippen molar-refractivity contribution in [1.82, 2.24) is 20.2 Å². The second-order valence-corrected chi connectivity index (χ2v) is 11.2. The predicted octanol–water partition coefficient (Wildman–Crippen LogP) is 4.98. The highest BCUT2D eigenvalue weighted by molar-refractivity contribution is 5.85. The number of fused-ring (bicyclic) bond motifs is 1. The minimum absolute atomic E-state index is 0.0294. The standard InChI is InChI=1S/C27H33F4N5O/c1-16-14-19(28)23-21(16)24(33-15-32-23)35-10-12-36(13-11-35)25(37)22(20-8-9-26(2,3)34-20)17-4-6-18(7-5-17)27(29,30)31/h4-7,15-16,19-20,22,34H,8-14H2,1-3H3/t16-,19-,20?,22?/m1/s1. The normalized spacial score (nSPS) is 26.3. The van der Waals surface area contributed by atoms with Crippen molar-refractivity contribution in [3.63, 3.8) is 0 Å². The third-order valence-electron chi connectivity index (χ3n) is 8.06. The molecule has 0 saturated carbocycles. The highest BCUT2D eigenvalue weighted by atomic mass is 19.4. The van der Waals surface area contributed by atoms with Crippen molar-refractivity contribution in [3.05, 3.63) is 53.0 Å². The number of carbonyl (C=O) groups is 1. The van der Waals surface area contributed by atoms with Crippen molar-refractivity contribution < 1.29 is 22.4 Å². The van der Waals surface area contributed by atoms with Gasteiger partial charge in [-0.1, -0.05) is 19.1 Å². The summed E-state index contributed by atoms with van der Waals surface area (Å²) >= 11 is 0. The summed E-state index contributed by atoms with van der Waals surface area (Å²) in [5, 5.41) is 3.53. The fourth-order valence-corrected chi connectivity index (χ4v) is 6.09. The van der Waals surface area contributed by atoms with Crippen LogP contribution >= 0.6 is 0 Å². The second-order valence-electron chi connectivity index (χ2n) is 11.2. The van der Waals surface area contributed by atoms with Gasteiger partial charge in [0.05, 0.1) is 17.2 Å². The van der Waals surface area contributed by atoms with E-state index in [2.05, 4.69) is 34.0 Å². The van der Waals surface area contributed by atoms with E-state index >= 15 is 0 Å². The Morgan fingerprint density at radius 3 is 2.38 bits per heavy atom. The van der Waals surface area contributed by atoms with E-state index in [1.54, 1.807) is 4.90 Å². The Bertz CT molecular complexity index is 1140. The Hall–Kier alpha value is -2.75. The summed E-state index contributed by atoms with van der Waals surface area (Å²) in [5.41, 5.74) is 1.04. The molecule has 37 heavy (non-hydrogen) atoms.